The molecule has 35 heavy (non-hydrogen) atoms. The van der Waals surface area contributed by atoms with E-state index in [2.05, 4.69) is 34.1 Å². The van der Waals surface area contributed by atoms with Crippen molar-refractivity contribution in [2.24, 2.45) is 17.8 Å². The molecule has 1 saturated heterocycles. The van der Waals surface area contributed by atoms with Gasteiger partial charge in [0.25, 0.3) is 0 Å². The van der Waals surface area contributed by atoms with Crippen LogP contribution in [0.3, 0.4) is 0 Å². The number of nitrogens with two attached hydrogens (primary N) is 1. The molecule has 0 amide bonds. The predicted octanol–water partition coefficient (Wildman–Crippen LogP) is 2.13. The molecule has 2 saturated carbocycles. The van der Waals surface area contributed by atoms with Crippen molar-refractivity contribution in [1.82, 2.24) is 15.2 Å². The predicted molar refractivity (Wildman–Crippen MR) is 134 cm³/mol. The van der Waals surface area contributed by atoms with Crippen LogP contribution in [0, 0.1) is 35.0 Å². The summed E-state index contributed by atoms with van der Waals surface area (Å²) in [5.41, 5.74) is 7.97. The number of hydrogen-bond donors (Lipinski definition) is 5. The molecule has 0 bridgehead atoms. The van der Waals surface area contributed by atoms with Gasteiger partial charge in [-0.05, 0) is 75.5 Å². The average molecular weight is 474 g/mol. The third-order valence-corrected chi connectivity index (χ3v) is 7.11. The summed E-state index contributed by atoms with van der Waals surface area (Å²) in [7, 11) is 2.11. The minimum Gasteiger partial charge on any atom is -0.432 e. The van der Waals surface area contributed by atoms with Crippen molar-refractivity contribution in [3.05, 3.63) is 59.4 Å². The van der Waals surface area contributed by atoms with Gasteiger partial charge in [-0.2, -0.15) is 0 Å². The topological polar surface area (TPSA) is 128 Å². The second-order valence-corrected chi connectivity index (χ2v) is 9.75. The molecule has 1 aliphatic heterocycles. The Bertz CT molecular complexity index is 1200. The summed E-state index contributed by atoms with van der Waals surface area (Å²) in [6, 6.07) is 8.59. The SMILES string of the molecule is CN1CCC(N/C=C(\C=N)c2cnc(N)c(OC(O)(O)c3cccc(C#CC4C5CC45)c3)c2)CC1. The highest BCUT2D eigenvalue weighted by Crippen LogP contribution is 2.67. The fourth-order valence-corrected chi connectivity index (χ4v) is 4.46. The molecule has 2 unspecified atom stereocenters. The lowest BCUT2D eigenvalue weighted by atomic mass is 10.1. The molecule has 8 heteroatoms. The van der Waals surface area contributed by atoms with Crippen LogP contribution in [0.25, 0.3) is 5.57 Å². The highest BCUT2D eigenvalue weighted by molar-refractivity contribution is 6.08. The number of fused-ring (bicyclic) bond motifs is 1. The number of pyridine rings is 1. The summed E-state index contributed by atoms with van der Waals surface area (Å²) in [6.45, 7) is 2.05. The van der Waals surface area contributed by atoms with Gasteiger partial charge < -0.3 is 36.3 Å². The van der Waals surface area contributed by atoms with E-state index >= 15 is 0 Å². The Hall–Kier alpha value is -3.38. The van der Waals surface area contributed by atoms with Gasteiger partial charge in [-0.15, -0.1) is 0 Å². The lowest BCUT2D eigenvalue weighted by Gasteiger charge is -2.29. The molecule has 2 heterocycles. The van der Waals surface area contributed by atoms with E-state index in [0.717, 1.165) is 37.8 Å². The van der Waals surface area contributed by atoms with Gasteiger partial charge >= 0.3 is 5.97 Å². The number of aromatic nitrogens is 1. The van der Waals surface area contributed by atoms with Gasteiger partial charge in [0.2, 0.25) is 0 Å². The maximum atomic E-state index is 10.7. The highest BCUT2D eigenvalue weighted by atomic mass is 16.8. The molecule has 2 aromatic rings. The first-order valence-electron chi connectivity index (χ1n) is 12.0. The molecular weight excluding hydrogens is 442 g/mol. The first-order chi connectivity index (χ1) is 16.8. The number of nitrogens with one attached hydrogen (secondary N) is 2. The first-order valence-corrected chi connectivity index (χ1v) is 12.0. The van der Waals surface area contributed by atoms with Crippen molar-refractivity contribution in [3.63, 3.8) is 0 Å². The van der Waals surface area contributed by atoms with E-state index in [1.54, 1.807) is 30.5 Å². The van der Waals surface area contributed by atoms with Gasteiger partial charge in [-0.25, -0.2) is 4.98 Å². The molecule has 6 N–H and O–H groups in total. The zero-order valence-corrected chi connectivity index (χ0v) is 19.7. The first kappa shape index (κ1) is 23.4. The third kappa shape index (κ3) is 5.33. The number of likely N-dealkylation sites (tertiary alicyclic amines) is 1. The minimum absolute atomic E-state index is 0.00842. The Kier molecular flexibility index (Phi) is 6.24. The molecule has 2 aliphatic carbocycles. The van der Waals surface area contributed by atoms with Crippen molar-refractivity contribution in [1.29, 1.82) is 5.41 Å². The Labute approximate surface area is 205 Å². The van der Waals surface area contributed by atoms with Gasteiger partial charge in [0.05, 0.1) is 5.56 Å². The van der Waals surface area contributed by atoms with Crippen LogP contribution in [0.4, 0.5) is 5.82 Å². The smallest absolute Gasteiger partial charge is 0.351 e. The summed E-state index contributed by atoms with van der Waals surface area (Å²) >= 11 is 0. The quantitative estimate of drug-likeness (QED) is 0.237. The summed E-state index contributed by atoms with van der Waals surface area (Å²) < 4.78 is 5.52. The van der Waals surface area contributed by atoms with E-state index in [4.69, 9.17) is 15.9 Å². The van der Waals surface area contributed by atoms with Crippen LogP contribution in [0.2, 0.25) is 0 Å². The monoisotopic (exact) mass is 473 g/mol. The number of piperidine rings is 1. The summed E-state index contributed by atoms with van der Waals surface area (Å²) in [4.78, 5) is 6.44. The number of benzene rings is 1. The van der Waals surface area contributed by atoms with E-state index in [1.807, 2.05) is 6.07 Å². The van der Waals surface area contributed by atoms with Gasteiger partial charge in [0, 0.05) is 47.3 Å². The van der Waals surface area contributed by atoms with Crippen molar-refractivity contribution in [2.45, 2.75) is 31.3 Å². The van der Waals surface area contributed by atoms with Crippen molar-refractivity contribution in [3.8, 4) is 17.6 Å². The molecule has 182 valence electrons. The van der Waals surface area contributed by atoms with E-state index in [0.29, 0.717) is 28.7 Å². The Balaban J connectivity index is 1.31. The number of allylic oxidation sites excluding steroid dienone is 1. The molecule has 8 nitrogen and oxygen atoms in total. The van der Waals surface area contributed by atoms with Crippen molar-refractivity contribution >= 4 is 17.6 Å². The maximum Gasteiger partial charge on any atom is 0.351 e. The zero-order chi connectivity index (χ0) is 24.6. The van der Waals surface area contributed by atoms with E-state index in [1.165, 1.54) is 18.8 Å². The lowest BCUT2D eigenvalue weighted by Crippen LogP contribution is -2.38. The third-order valence-electron chi connectivity index (χ3n) is 7.11. The van der Waals surface area contributed by atoms with Crippen LogP contribution < -0.4 is 15.8 Å². The Morgan fingerprint density at radius 2 is 2.06 bits per heavy atom. The van der Waals surface area contributed by atoms with Crippen LogP contribution in [0.15, 0.2) is 42.7 Å². The molecule has 3 fully saturated rings. The molecule has 0 radical (unpaired) electrons. The highest BCUT2D eigenvalue weighted by Gasteiger charge is 2.63. The lowest BCUT2D eigenvalue weighted by molar-refractivity contribution is -0.303. The Morgan fingerprint density at radius 1 is 1.29 bits per heavy atom. The fraction of sp³-hybridized carbons (Fsp3) is 0.407. The number of rotatable bonds is 7. The van der Waals surface area contributed by atoms with Gasteiger partial charge in [-0.1, -0.05) is 17.9 Å². The van der Waals surface area contributed by atoms with Crippen molar-refractivity contribution < 1.29 is 14.9 Å². The van der Waals surface area contributed by atoms with Crippen LogP contribution >= 0.6 is 0 Å². The van der Waals surface area contributed by atoms with Crippen LogP contribution in [-0.4, -0.2) is 52.5 Å². The van der Waals surface area contributed by atoms with Crippen molar-refractivity contribution in [2.75, 3.05) is 25.9 Å². The van der Waals surface area contributed by atoms with Crippen LogP contribution in [-0.2, 0) is 5.97 Å². The number of aliphatic hydroxyl groups is 2. The summed E-state index contributed by atoms with van der Waals surface area (Å²) in [6.07, 6.45) is 7.88. The fourth-order valence-electron chi connectivity index (χ4n) is 4.46. The van der Waals surface area contributed by atoms with Gasteiger partial charge in [0.1, 0.15) is 0 Å². The second-order valence-electron chi connectivity index (χ2n) is 9.75. The second kappa shape index (κ2) is 9.34. The number of nitrogens with zero attached hydrogens (tertiary/aromatic N) is 2. The molecule has 1 aromatic heterocycles. The molecule has 0 spiro atoms. The molecule has 2 atom stereocenters. The van der Waals surface area contributed by atoms with E-state index in [9.17, 15) is 10.2 Å². The Morgan fingerprint density at radius 3 is 2.74 bits per heavy atom. The number of nitrogen functional groups attached to an aromatic ring is 1. The number of ether oxygens (including phenoxy) is 1. The number of hydrogen-bond acceptors (Lipinski definition) is 8. The normalized spacial score (nSPS) is 24.1. The minimum atomic E-state index is -2.63. The van der Waals surface area contributed by atoms with Crippen LogP contribution in [0.1, 0.15) is 36.0 Å². The maximum absolute atomic E-state index is 10.7. The molecule has 1 aromatic carbocycles. The largest absolute Gasteiger partial charge is 0.432 e. The van der Waals surface area contributed by atoms with E-state index < -0.39 is 5.97 Å². The van der Waals surface area contributed by atoms with Crippen LogP contribution in [0.5, 0.6) is 5.75 Å². The summed E-state index contributed by atoms with van der Waals surface area (Å²) in [5, 5.41) is 32.7. The van der Waals surface area contributed by atoms with Gasteiger partial charge in [-0.3, -0.25) is 0 Å². The molecule has 3 aliphatic rings. The summed E-state index contributed by atoms with van der Waals surface area (Å²) in [5.74, 6) is 5.84. The van der Waals surface area contributed by atoms with Gasteiger partial charge in [0.15, 0.2) is 11.6 Å². The average Bonchev–Trinajstić information content (AvgIpc) is 3.76. The molecule has 5 rings (SSSR count). The van der Waals surface area contributed by atoms with E-state index in [-0.39, 0.29) is 17.1 Å². The molecular formula is C27H31N5O3. The standard InChI is InChI=1S/C27H31N5O3/c1-32-9-7-21(8-10-32)30-16-19(14-28)18-12-25(26(29)31-15-18)35-27(33,34)20-4-2-3-17(11-20)5-6-22-23-13-24(22)23/h2-4,11-12,14-16,21-24,28,30,33-34H,7-10,13H2,1H3,(H2,29,31)/b19-16+,28-14?. The zero-order valence-electron chi connectivity index (χ0n) is 19.7. The number of anilines is 1.